The van der Waals surface area contributed by atoms with E-state index in [0.717, 1.165) is 18.5 Å². The van der Waals surface area contributed by atoms with Crippen molar-refractivity contribution in [2.24, 2.45) is 11.7 Å². The molecule has 94 valence electrons. The molecule has 0 amide bonds. The molecule has 3 heteroatoms. The molecule has 0 spiro atoms. The molecule has 0 bridgehead atoms. The van der Waals surface area contributed by atoms with Crippen LogP contribution in [0, 0.1) is 5.92 Å². The van der Waals surface area contributed by atoms with Gasteiger partial charge in [0, 0.05) is 25.2 Å². The molecule has 1 aliphatic carbocycles. The minimum Gasteiger partial charge on any atom is -0.326 e. The Labute approximate surface area is 100.0 Å². The lowest BCUT2D eigenvalue weighted by atomic mass is 10.1. The third kappa shape index (κ3) is 3.19. The summed E-state index contributed by atoms with van der Waals surface area (Å²) < 4.78 is 0. The van der Waals surface area contributed by atoms with Crippen molar-refractivity contribution < 1.29 is 0 Å². The van der Waals surface area contributed by atoms with E-state index in [0.29, 0.717) is 6.04 Å². The summed E-state index contributed by atoms with van der Waals surface area (Å²) in [5.74, 6) is 0.832. The molecule has 2 N–H and O–H groups in total. The van der Waals surface area contributed by atoms with E-state index in [1.807, 2.05) is 0 Å². The fourth-order valence-electron chi connectivity index (χ4n) is 2.86. The highest BCUT2D eigenvalue weighted by Crippen LogP contribution is 2.32. The van der Waals surface area contributed by atoms with Crippen LogP contribution in [0.4, 0.5) is 0 Å². The van der Waals surface area contributed by atoms with Gasteiger partial charge in [-0.3, -0.25) is 4.90 Å². The lowest BCUT2D eigenvalue weighted by Crippen LogP contribution is -2.46. The topological polar surface area (TPSA) is 32.5 Å². The first kappa shape index (κ1) is 12.3. The molecule has 0 radical (unpaired) electrons. The van der Waals surface area contributed by atoms with Crippen LogP contribution < -0.4 is 5.73 Å². The first-order chi connectivity index (χ1) is 7.70. The Kier molecular flexibility index (Phi) is 4.22. The molecule has 2 fully saturated rings. The predicted octanol–water partition coefficient (Wildman–Crippen LogP) is 1.14. The highest BCUT2D eigenvalue weighted by atomic mass is 15.2. The highest BCUT2D eigenvalue weighted by molar-refractivity contribution is 4.88. The van der Waals surface area contributed by atoms with E-state index in [1.54, 1.807) is 0 Å². The summed E-state index contributed by atoms with van der Waals surface area (Å²) in [4.78, 5) is 5.11. The summed E-state index contributed by atoms with van der Waals surface area (Å²) in [6.07, 6.45) is 5.28. The minimum absolute atomic E-state index is 0.428. The number of likely N-dealkylation sites (N-methyl/N-ethyl adjacent to an activating group) is 1. The van der Waals surface area contributed by atoms with Crippen LogP contribution in [0.15, 0.2) is 0 Å². The van der Waals surface area contributed by atoms with Gasteiger partial charge in [0.05, 0.1) is 0 Å². The molecule has 0 aromatic rings. The van der Waals surface area contributed by atoms with Gasteiger partial charge < -0.3 is 10.6 Å². The Bertz CT molecular complexity index is 215. The van der Waals surface area contributed by atoms with Crippen LogP contribution in [-0.4, -0.2) is 55.1 Å². The maximum atomic E-state index is 6.26. The van der Waals surface area contributed by atoms with Crippen LogP contribution in [0.25, 0.3) is 0 Å². The average molecular weight is 225 g/mol. The molecule has 1 heterocycles. The van der Waals surface area contributed by atoms with Gasteiger partial charge in [-0.25, -0.2) is 0 Å². The summed E-state index contributed by atoms with van der Waals surface area (Å²) in [5.41, 5.74) is 6.26. The van der Waals surface area contributed by atoms with Crippen molar-refractivity contribution in [2.75, 3.05) is 33.2 Å². The van der Waals surface area contributed by atoms with E-state index in [1.165, 1.54) is 45.3 Å². The second kappa shape index (κ2) is 5.48. The highest BCUT2D eigenvalue weighted by Gasteiger charge is 2.31. The standard InChI is InChI=1S/C13H27N3/c1-3-12-9-15(2)7-4-8-16(12)10-13(14)11-5-6-11/h11-13H,3-10,14H2,1-2H3. The zero-order chi connectivity index (χ0) is 11.5. The zero-order valence-corrected chi connectivity index (χ0v) is 10.9. The van der Waals surface area contributed by atoms with Gasteiger partial charge in [0.2, 0.25) is 0 Å². The summed E-state index contributed by atoms with van der Waals surface area (Å²) >= 11 is 0. The molecule has 16 heavy (non-hydrogen) atoms. The van der Waals surface area contributed by atoms with Crippen LogP contribution >= 0.6 is 0 Å². The van der Waals surface area contributed by atoms with Crippen molar-refractivity contribution in [1.82, 2.24) is 9.80 Å². The number of nitrogens with zero attached hydrogens (tertiary/aromatic N) is 2. The molecule has 2 rings (SSSR count). The van der Waals surface area contributed by atoms with Crippen molar-refractivity contribution in [3.63, 3.8) is 0 Å². The Hall–Kier alpha value is -0.120. The second-order valence-electron chi connectivity index (χ2n) is 5.67. The second-order valence-corrected chi connectivity index (χ2v) is 5.67. The summed E-state index contributed by atoms with van der Waals surface area (Å²) in [6, 6.07) is 1.15. The van der Waals surface area contributed by atoms with Gasteiger partial charge in [-0.15, -0.1) is 0 Å². The molecule has 2 unspecified atom stereocenters. The van der Waals surface area contributed by atoms with Gasteiger partial charge in [-0.05, 0) is 51.7 Å². The molecule has 1 saturated heterocycles. The summed E-state index contributed by atoms with van der Waals surface area (Å²) in [7, 11) is 2.24. The lowest BCUT2D eigenvalue weighted by molar-refractivity contribution is 0.169. The molecule has 3 nitrogen and oxygen atoms in total. The van der Waals surface area contributed by atoms with Crippen LogP contribution in [-0.2, 0) is 0 Å². The van der Waals surface area contributed by atoms with Crippen molar-refractivity contribution in [3.05, 3.63) is 0 Å². The van der Waals surface area contributed by atoms with Crippen LogP contribution in [0.1, 0.15) is 32.6 Å². The van der Waals surface area contributed by atoms with E-state index < -0.39 is 0 Å². The van der Waals surface area contributed by atoms with Gasteiger partial charge in [0.1, 0.15) is 0 Å². The third-order valence-electron chi connectivity index (χ3n) is 4.17. The lowest BCUT2D eigenvalue weighted by Gasteiger charge is -2.32. The monoisotopic (exact) mass is 225 g/mol. The van der Waals surface area contributed by atoms with Gasteiger partial charge in [-0.2, -0.15) is 0 Å². The van der Waals surface area contributed by atoms with Crippen molar-refractivity contribution in [1.29, 1.82) is 0 Å². The van der Waals surface area contributed by atoms with E-state index in [4.69, 9.17) is 5.73 Å². The van der Waals surface area contributed by atoms with Gasteiger partial charge in [-0.1, -0.05) is 6.92 Å². The van der Waals surface area contributed by atoms with Crippen molar-refractivity contribution in [2.45, 2.75) is 44.7 Å². The summed E-state index contributed by atoms with van der Waals surface area (Å²) in [6.45, 7) is 7.12. The van der Waals surface area contributed by atoms with E-state index in [2.05, 4.69) is 23.8 Å². The van der Waals surface area contributed by atoms with E-state index in [9.17, 15) is 0 Å². The molecule has 1 saturated carbocycles. The third-order valence-corrected chi connectivity index (χ3v) is 4.17. The van der Waals surface area contributed by atoms with Crippen LogP contribution in [0.3, 0.4) is 0 Å². The predicted molar refractivity (Wildman–Crippen MR) is 68.5 cm³/mol. The van der Waals surface area contributed by atoms with Crippen molar-refractivity contribution in [3.8, 4) is 0 Å². The zero-order valence-electron chi connectivity index (χ0n) is 10.9. The SMILES string of the molecule is CCC1CN(C)CCCN1CC(N)C1CC1. The van der Waals surface area contributed by atoms with Gasteiger partial charge in [0.15, 0.2) is 0 Å². The fraction of sp³-hybridized carbons (Fsp3) is 1.00. The average Bonchev–Trinajstić information content (AvgIpc) is 3.06. The summed E-state index contributed by atoms with van der Waals surface area (Å²) in [5, 5.41) is 0. The Balaban J connectivity index is 1.88. The van der Waals surface area contributed by atoms with Crippen LogP contribution in [0.2, 0.25) is 0 Å². The first-order valence-electron chi connectivity index (χ1n) is 6.89. The molecule has 0 aromatic heterocycles. The maximum Gasteiger partial charge on any atom is 0.0221 e. The van der Waals surface area contributed by atoms with E-state index in [-0.39, 0.29) is 0 Å². The Morgan fingerprint density at radius 1 is 1.31 bits per heavy atom. The molecular formula is C13H27N3. The molecule has 2 atom stereocenters. The normalized spacial score (nSPS) is 31.3. The number of hydrogen-bond donors (Lipinski definition) is 1. The Morgan fingerprint density at radius 2 is 2.06 bits per heavy atom. The fourth-order valence-corrected chi connectivity index (χ4v) is 2.86. The first-order valence-corrected chi connectivity index (χ1v) is 6.89. The molecule has 1 aliphatic heterocycles. The maximum absolute atomic E-state index is 6.26. The smallest absolute Gasteiger partial charge is 0.0221 e. The minimum atomic E-state index is 0.428. The van der Waals surface area contributed by atoms with Gasteiger partial charge >= 0.3 is 0 Å². The molecule has 2 aliphatic rings. The molecule has 0 aromatic carbocycles. The largest absolute Gasteiger partial charge is 0.326 e. The van der Waals surface area contributed by atoms with Crippen molar-refractivity contribution >= 4 is 0 Å². The molecular weight excluding hydrogens is 198 g/mol. The van der Waals surface area contributed by atoms with Gasteiger partial charge in [0.25, 0.3) is 0 Å². The quantitative estimate of drug-likeness (QED) is 0.779. The number of rotatable bonds is 4. The van der Waals surface area contributed by atoms with E-state index >= 15 is 0 Å². The number of nitrogens with two attached hydrogens (primary N) is 1. The Morgan fingerprint density at radius 3 is 2.69 bits per heavy atom. The number of hydrogen-bond acceptors (Lipinski definition) is 3. The van der Waals surface area contributed by atoms with Crippen LogP contribution in [0.5, 0.6) is 0 Å².